The third kappa shape index (κ3) is 7.29. The molecule has 36 heavy (non-hydrogen) atoms. The van der Waals surface area contributed by atoms with Crippen LogP contribution in [0.1, 0.15) is 35.6 Å². The Bertz CT molecular complexity index is 1210. The van der Waals surface area contributed by atoms with Crippen LogP contribution < -0.4 is 18.9 Å². The number of hydrogen-bond acceptors (Lipinski definition) is 4. The molecular weight excluding hydrogens is 448 g/mol. The molecule has 0 fully saturated rings. The van der Waals surface area contributed by atoms with E-state index >= 15 is 0 Å². The van der Waals surface area contributed by atoms with E-state index in [1.165, 1.54) is 11.1 Å². The van der Waals surface area contributed by atoms with Gasteiger partial charge in [0.15, 0.2) is 0 Å². The summed E-state index contributed by atoms with van der Waals surface area (Å²) in [7, 11) is 1.68. The number of methoxy groups -OCH3 is 1. The summed E-state index contributed by atoms with van der Waals surface area (Å²) in [6.07, 6.45) is 2.77. The number of hydrogen-bond donors (Lipinski definition) is 0. The van der Waals surface area contributed by atoms with Gasteiger partial charge in [-0.25, -0.2) is 0 Å². The topological polar surface area (TPSA) is 36.9 Å². The van der Waals surface area contributed by atoms with Gasteiger partial charge in [0.2, 0.25) is 0 Å². The second-order valence-electron chi connectivity index (χ2n) is 8.58. The summed E-state index contributed by atoms with van der Waals surface area (Å²) in [6.45, 7) is 3.67. The van der Waals surface area contributed by atoms with Gasteiger partial charge < -0.3 is 18.9 Å². The van der Waals surface area contributed by atoms with E-state index in [-0.39, 0.29) is 0 Å². The van der Waals surface area contributed by atoms with Gasteiger partial charge in [-0.2, -0.15) is 0 Å². The quantitative estimate of drug-likeness (QED) is 0.199. The van der Waals surface area contributed by atoms with Crippen LogP contribution in [-0.2, 0) is 26.1 Å². The van der Waals surface area contributed by atoms with Gasteiger partial charge in [0, 0.05) is 12.1 Å². The summed E-state index contributed by atoms with van der Waals surface area (Å²) in [4.78, 5) is 0. The minimum absolute atomic E-state index is 0.517. The van der Waals surface area contributed by atoms with Gasteiger partial charge in [-0.05, 0) is 60.6 Å². The van der Waals surface area contributed by atoms with Crippen LogP contribution in [0.2, 0.25) is 0 Å². The Hall–Kier alpha value is -3.92. The minimum Gasteiger partial charge on any atom is -0.497 e. The van der Waals surface area contributed by atoms with Crippen molar-refractivity contribution in [1.29, 1.82) is 0 Å². The average Bonchev–Trinajstić information content (AvgIpc) is 2.93. The molecule has 0 unspecified atom stereocenters. The molecule has 0 spiro atoms. The van der Waals surface area contributed by atoms with Crippen molar-refractivity contribution >= 4 is 0 Å². The molecule has 0 aliphatic heterocycles. The average molecular weight is 483 g/mol. The second kappa shape index (κ2) is 13.2. The van der Waals surface area contributed by atoms with E-state index < -0.39 is 0 Å². The predicted octanol–water partition coefficient (Wildman–Crippen LogP) is 7.43. The predicted molar refractivity (Wildman–Crippen MR) is 144 cm³/mol. The third-order valence-electron chi connectivity index (χ3n) is 5.99. The molecule has 4 aromatic carbocycles. The first-order valence-electron chi connectivity index (χ1n) is 12.5. The summed E-state index contributed by atoms with van der Waals surface area (Å²) >= 11 is 0. The zero-order chi connectivity index (χ0) is 25.0. The first-order valence-corrected chi connectivity index (χ1v) is 12.5. The summed E-state index contributed by atoms with van der Waals surface area (Å²) in [5.41, 5.74) is 4.63. The van der Waals surface area contributed by atoms with Crippen LogP contribution in [0.15, 0.2) is 97.1 Å². The van der Waals surface area contributed by atoms with E-state index in [1.807, 2.05) is 67.6 Å². The Labute approximate surface area is 214 Å². The fourth-order valence-corrected chi connectivity index (χ4v) is 4.07. The number of rotatable bonds is 13. The van der Waals surface area contributed by atoms with Crippen LogP contribution in [0.5, 0.6) is 23.0 Å². The van der Waals surface area contributed by atoms with E-state index in [0.717, 1.165) is 53.4 Å². The van der Waals surface area contributed by atoms with Crippen molar-refractivity contribution in [2.45, 2.75) is 39.4 Å². The maximum absolute atomic E-state index is 6.29. The van der Waals surface area contributed by atoms with Gasteiger partial charge in [-0.1, -0.05) is 72.8 Å². The lowest BCUT2D eigenvalue weighted by atomic mass is 10.0. The molecule has 0 radical (unpaired) electrons. The number of aryl methyl sites for hydroxylation is 2. The molecule has 0 atom stereocenters. The molecule has 0 aliphatic carbocycles. The first kappa shape index (κ1) is 25.2. The van der Waals surface area contributed by atoms with E-state index in [2.05, 4.69) is 36.4 Å². The largest absolute Gasteiger partial charge is 0.497 e. The molecule has 0 amide bonds. The molecular formula is C32H34O4. The van der Waals surface area contributed by atoms with Crippen molar-refractivity contribution in [2.24, 2.45) is 0 Å². The van der Waals surface area contributed by atoms with Gasteiger partial charge in [0.05, 0.1) is 13.7 Å². The first-order chi connectivity index (χ1) is 17.7. The van der Waals surface area contributed by atoms with Crippen LogP contribution in [0.4, 0.5) is 0 Å². The van der Waals surface area contributed by atoms with Crippen molar-refractivity contribution in [3.8, 4) is 23.0 Å². The summed E-state index contributed by atoms with van der Waals surface area (Å²) in [6, 6.07) is 32.6. The van der Waals surface area contributed by atoms with Gasteiger partial charge >= 0.3 is 0 Å². The van der Waals surface area contributed by atoms with Crippen molar-refractivity contribution < 1.29 is 18.9 Å². The second-order valence-corrected chi connectivity index (χ2v) is 8.58. The normalized spacial score (nSPS) is 10.6. The van der Waals surface area contributed by atoms with Crippen molar-refractivity contribution in [2.75, 3.05) is 13.7 Å². The van der Waals surface area contributed by atoms with Gasteiger partial charge in [0.1, 0.15) is 36.2 Å². The van der Waals surface area contributed by atoms with Crippen LogP contribution >= 0.6 is 0 Å². The molecule has 0 aliphatic rings. The molecule has 4 aromatic rings. The Morgan fingerprint density at radius 2 is 1.08 bits per heavy atom. The SMILES string of the molecule is CCOc1cc(OC)ccc1CCCc1ccc(OCc2ccccc2)cc1OCc1ccccc1. The van der Waals surface area contributed by atoms with Gasteiger partial charge in [0.25, 0.3) is 0 Å². The van der Waals surface area contributed by atoms with E-state index in [4.69, 9.17) is 18.9 Å². The highest BCUT2D eigenvalue weighted by Crippen LogP contribution is 2.30. The van der Waals surface area contributed by atoms with Crippen LogP contribution in [0.3, 0.4) is 0 Å². The summed E-state index contributed by atoms with van der Waals surface area (Å²) in [5.74, 6) is 3.37. The molecule has 0 heterocycles. The zero-order valence-electron chi connectivity index (χ0n) is 21.1. The van der Waals surface area contributed by atoms with Crippen LogP contribution in [0, 0.1) is 0 Å². The smallest absolute Gasteiger partial charge is 0.126 e. The van der Waals surface area contributed by atoms with Gasteiger partial charge in [-0.3, -0.25) is 0 Å². The van der Waals surface area contributed by atoms with E-state index in [9.17, 15) is 0 Å². The standard InChI is InChI=1S/C32H34O4/c1-3-34-31-21-29(33-2)19-17-27(31)15-10-16-28-18-20-30(35-23-25-11-6-4-7-12-25)22-32(28)36-24-26-13-8-5-9-14-26/h4-9,11-14,17-22H,3,10,15-16,23-24H2,1-2H3. The fourth-order valence-electron chi connectivity index (χ4n) is 4.07. The highest BCUT2D eigenvalue weighted by molar-refractivity contribution is 5.43. The lowest BCUT2D eigenvalue weighted by molar-refractivity contribution is 0.287. The third-order valence-corrected chi connectivity index (χ3v) is 5.99. The Balaban J connectivity index is 1.45. The summed E-state index contributed by atoms with van der Waals surface area (Å²) in [5, 5.41) is 0. The molecule has 4 nitrogen and oxygen atoms in total. The molecule has 0 aromatic heterocycles. The summed E-state index contributed by atoms with van der Waals surface area (Å²) < 4.78 is 23.6. The molecule has 0 bridgehead atoms. The fraction of sp³-hybridized carbons (Fsp3) is 0.250. The highest BCUT2D eigenvalue weighted by atomic mass is 16.5. The molecule has 4 rings (SSSR count). The molecule has 0 saturated heterocycles. The van der Waals surface area contributed by atoms with Crippen LogP contribution in [-0.4, -0.2) is 13.7 Å². The maximum atomic E-state index is 6.29. The van der Waals surface area contributed by atoms with E-state index in [1.54, 1.807) is 7.11 Å². The lowest BCUT2D eigenvalue weighted by Crippen LogP contribution is -2.02. The minimum atomic E-state index is 0.517. The van der Waals surface area contributed by atoms with Crippen molar-refractivity contribution in [1.82, 2.24) is 0 Å². The van der Waals surface area contributed by atoms with Crippen LogP contribution in [0.25, 0.3) is 0 Å². The molecule has 0 N–H and O–H groups in total. The molecule has 186 valence electrons. The van der Waals surface area contributed by atoms with Gasteiger partial charge in [-0.15, -0.1) is 0 Å². The Kier molecular flexibility index (Phi) is 9.26. The molecule has 4 heteroatoms. The van der Waals surface area contributed by atoms with E-state index in [0.29, 0.717) is 19.8 Å². The highest BCUT2D eigenvalue weighted by Gasteiger charge is 2.10. The number of ether oxygens (including phenoxy) is 4. The monoisotopic (exact) mass is 482 g/mol. The Morgan fingerprint density at radius 3 is 1.67 bits per heavy atom. The lowest BCUT2D eigenvalue weighted by Gasteiger charge is -2.15. The zero-order valence-corrected chi connectivity index (χ0v) is 21.1. The Morgan fingerprint density at radius 1 is 0.556 bits per heavy atom. The number of benzene rings is 4. The molecule has 0 saturated carbocycles. The van der Waals surface area contributed by atoms with Crippen molar-refractivity contribution in [3.05, 3.63) is 119 Å². The maximum Gasteiger partial charge on any atom is 0.126 e. The van der Waals surface area contributed by atoms with Crippen molar-refractivity contribution in [3.63, 3.8) is 0 Å².